The van der Waals surface area contributed by atoms with Crippen molar-refractivity contribution in [1.82, 2.24) is 24.5 Å². The first-order chi connectivity index (χ1) is 13.4. The van der Waals surface area contributed by atoms with Crippen molar-refractivity contribution >= 4 is 10.9 Å². The van der Waals surface area contributed by atoms with Gasteiger partial charge in [-0.1, -0.05) is 6.92 Å². The molecular weight excluding hydrogens is 350 g/mol. The quantitative estimate of drug-likeness (QED) is 0.701. The molecule has 5 rings (SSSR count). The van der Waals surface area contributed by atoms with E-state index in [0.29, 0.717) is 11.8 Å². The molecule has 0 spiro atoms. The molecule has 2 fully saturated rings. The molecule has 2 atom stereocenters. The van der Waals surface area contributed by atoms with Crippen LogP contribution in [0.5, 0.6) is 0 Å². The Hall–Kier alpha value is -2.18. The number of ether oxygens (including phenoxy) is 1. The van der Waals surface area contributed by atoms with Crippen molar-refractivity contribution in [2.45, 2.75) is 38.6 Å². The van der Waals surface area contributed by atoms with E-state index in [-0.39, 0.29) is 5.54 Å². The predicted molar refractivity (Wildman–Crippen MR) is 110 cm³/mol. The normalized spacial score (nSPS) is 25.1. The Morgan fingerprint density at radius 1 is 1.18 bits per heavy atom. The van der Waals surface area contributed by atoms with E-state index in [9.17, 15) is 0 Å². The molecule has 4 heterocycles. The lowest BCUT2D eigenvalue weighted by Crippen LogP contribution is -2.62. The molecule has 0 radical (unpaired) electrons. The molecule has 1 aromatic carbocycles. The second kappa shape index (κ2) is 6.42. The zero-order chi connectivity index (χ0) is 19.5. The monoisotopic (exact) mass is 379 g/mol. The third-order valence-electron chi connectivity index (χ3n) is 6.79. The third-order valence-corrected chi connectivity index (χ3v) is 6.79. The first-order valence-corrected chi connectivity index (χ1v) is 10.2. The Kier molecular flexibility index (Phi) is 4.10. The molecule has 0 amide bonds. The summed E-state index contributed by atoms with van der Waals surface area (Å²) < 4.78 is 9.33. The topological polar surface area (TPSA) is 48.1 Å². The smallest absolute Gasteiger partial charge is 0.103 e. The van der Waals surface area contributed by atoms with E-state index in [1.54, 1.807) is 0 Å². The summed E-state index contributed by atoms with van der Waals surface area (Å²) in [5, 5.41) is 10.1. The number of hydrogen-bond acceptors (Lipinski definition) is 4. The Bertz CT molecular complexity index is 1020. The largest absolute Gasteiger partial charge is 0.377 e. The number of nitrogens with zero attached hydrogens (tertiary/aromatic N) is 5. The highest BCUT2D eigenvalue weighted by molar-refractivity contribution is 5.82. The van der Waals surface area contributed by atoms with Gasteiger partial charge in [0.05, 0.1) is 42.9 Å². The maximum atomic E-state index is 5.49. The van der Waals surface area contributed by atoms with Crippen LogP contribution in [0.25, 0.3) is 16.6 Å². The lowest BCUT2D eigenvalue weighted by molar-refractivity contribution is -0.141. The van der Waals surface area contributed by atoms with Gasteiger partial charge >= 0.3 is 0 Å². The van der Waals surface area contributed by atoms with Crippen molar-refractivity contribution in [1.29, 1.82) is 0 Å². The molecule has 0 N–H and O–H groups in total. The van der Waals surface area contributed by atoms with Gasteiger partial charge < -0.3 is 4.74 Å². The van der Waals surface area contributed by atoms with Crippen LogP contribution in [0.2, 0.25) is 0 Å². The lowest BCUT2D eigenvalue weighted by Gasteiger charge is -2.51. The molecular formula is C22H29N5O. The van der Waals surface area contributed by atoms with Crippen LogP contribution < -0.4 is 0 Å². The van der Waals surface area contributed by atoms with E-state index in [2.05, 4.69) is 48.0 Å². The van der Waals surface area contributed by atoms with Crippen molar-refractivity contribution in [3.63, 3.8) is 0 Å². The molecule has 2 saturated heterocycles. The Balaban J connectivity index is 1.48. The average molecular weight is 380 g/mol. The predicted octanol–water partition coefficient (Wildman–Crippen LogP) is 3.28. The molecule has 148 valence electrons. The van der Waals surface area contributed by atoms with Gasteiger partial charge in [-0.3, -0.25) is 9.58 Å². The maximum absolute atomic E-state index is 5.49. The molecule has 2 aliphatic rings. The first-order valence-electron chi connectivity index (χ1n) is 10.2. The van der Waals surface area contributed by atoms with Crippen LogP contribution in [0.4, 0.5) is 0 Å². The van der Waals surface area contributed by atoms with Crippen LogP contribution in [0, 0.1) is 12.8 Å². The number of likely N-dealkylation sites (tertiary alicyclic amines) is 1. The van der Waals surface area contributed by atoms with E-state index in [1.807, 2.05) is 35.0 Å². The van der Waals surface area contributed by atoms with Crippen molar-refractivity contribution in [2.24, 2.45) is 13.0 Å². The van der Waals surface area contributed by atoms with Crippen LogP contribution in [-0.2, 0) is 11.8 Å². The molecule has 3 aromatic rings. The second-order valence-corrected chi connectivity index (χ2v) is 9.00. The summed E-state index contributed by atoms with van der Waals surface area (Å²) >= 11 is 0. The number of aromatic nitrogens is 4. The van der Waals surface area contributed by atoms with E-state index in [1.165, 1.54) is 28.5 Å². The minimum Gasteiger partial charge on any atom is -0.377 e. The SMILES string of the molecule is Cc1cc2cnn(-c3cnn(C)c3)c2cc1[C@H]1CCN(C2(C)COC2)C[C@H]1C. The summed E-state index contributed by atoms with van der Waals surface area (Å²) in [6.45, 7) is 11.0. The summed E-state index contributed by atoms with van der Waals surface area (Å²) in [4.78, 5) is 2.64. The minimum atomic E-state index is 0.247. The number of benzene rings is 1. The molecule has 28 heavy (non-hydrogen) atoms. The fourth-order valence-corrected chi connectivity index (χ4v) is 5.00. The minimum absolute atomic E-state index is 0.247. The Morgan fingerprint density at radius 3 is 2.64 bits per heavy atom. The standard InChI is InChI=1S/C22H29N5O/c1-15-7-17-9-24-27(18-10-23-25(4)12-18)21(17)8-20(15)19-5-6-26(11-16(19)2)22(3)13-28-14-22/h7-10,12,16,19H,5-6,11,13-14H2,1-4H3/t16-,19+/m1/s1. The summed E-state index contributed by atoms with van der Waals surface area (Å²) in [6.07, 6.45) is 7.04. The summed E-state index contributed by atoms with van der Waals surface area (Å²) in [5.74, 6) is 1.21. The van der Waals surface area contributed by atoms with Crippen molar-refractivity contribution in [3.05, 3.63) is 41.9 Å². The maximum Gasteiger partial charge on any atom is 0.103 e. The zero-order valence-corrected chi connectivity index (χ0v) is 17.2. The van der Waals surface area contributed by atoms with E-state index in [0.717, 1.165) is 32.0 Å². The van der Waals surface area contributed by atoms with Crippen LogP contribution in [0.3, 0.4) is 0 Å². The fourth-order valence-electron chi connectivity index (χ4n) is 5.00. The molecule has 0 saturated carbocycles. The van der Waals surface area contributed by atoms with Gasteiger partial charge in [0.25, 0.3) is 0 Å². The van der Waals surface area contributed by atoms with Crippen molar-refractivity contribution in [2.75, 3.05) is 26.3 Å². The van der Waals surface area contributed by atoms with E-state index >= 15 is 0 Å². The Morgan fingerprint density at radius 2 is 2.00 bits per heavy atom. The van der Waals surface area contributed by atoms with Gasteiger partial charge in [0, 0.05) is 19.0 Å². The van der Waals surface area contributed by atoms with Crippen LogP contribution in [-0.4, -0.2) is 56.3 Å². The average Bonchev–Trinajstić information content (AvgIpc) is 3.24. The highest BCUT2D eigenvalue weighted by Crippen LogP contribution is 2.39. The van der Waals surface area contributed by atoms with Crippen molar-refractivity contribution < 1.29 is 4.74 Å². The van der Waals surface area contributed by atoms with Gasteiger partial charge in [0.15, 0.2) is 0 Å². The summed E-state index contributed by atoms with van der Waals surface area (Å²) in [6, 6.07) is 4.67. The molecule has 0 aliphatic carbocycles. The summed E-state index contributed by atoms with van der Waals surface area (Å²) in [7, 11) is 1.94. The van der Waals surface area contributed by atoms with Gasteiger partial charge in [-0.15, -0.1) is 0 Å². The number of hydrogen-bond donors (Lipinski definition) is 0. The number of rotatable bonds is 3. The number of piperidine rings is 1. The highest BCUT2D eigenvalue weighted by atomic mass is 16.5. The number of fused-ring (bicyclic) bond motifs is 1. The third kappa shape index (κ3) is 2.78. The summed E-state index contributed by atoms with van der Waals surface area (Å²) in [5.41, 5.74) is 5.27. The molecule has 2 aliphatic heterocycles. The van der Waals surface area contributed by atoms with Gasteiger partial charge in [-0.25, -0.2) is 4.68 Å². The molecule has 6 heteroatoms. The first kappa shape index (κ1) is 17.9. The van der Waals surface area contributed by atoms with Gasteiger partial charge in [-0.05, 0) is 61.9 Å². The molecule has 0 unspecified atom stereocenters. The zero-order valence-electron chi connectivity index (χ0n) is 17.2. The lowest BCUT2D eigenvalue weighted by atomic mass is 9.78. The van der Waals surface area contributed by atoms with Crippen LogP contribution >= 0.6 is 0 Å². The molecule has 6 nitrogen and oxygen atoms in total. The molecule has 0 bridgehead atoms. The van der Waals surface area contributed by atoms with Gasteiger partial charge in [0.2, 0.25) is 0 Å². The number of aryl methyl sites for hydroxylation is 2. The van der Waals surface area contributed by atoms with Crippen LogP contribution in [0.1, 0.15) is 37.3 Å². The fraction of sp³-hybridized carbons (Fsp3) is 0.545. The van der Waals surface area contributed by atoms with E-state index in [4.69, 9.17) is 4.74 Å². The van der Waals surface area contributed by atoms with Crippen molar-refractivity contribution in [3.8, 4) is 5.69 Å². The highest BCUT2D eigenvalue weighted by Gasteiger charge is 2.42. The Labute approximate surface area is 166 Å². The van der Waals surface area contributed by atoms with Gasteiger partial charge in [0.1, 0.15) is 5.69 Å². The van der Waals surface area contributed by atoms with Gasteiger partial charge in [-0.2, -0.15) is 10.2 Å². The van der Waals surface area contributed by atoms with E-state index < -0.39 is 0 Å². The second-order valence-electron chi connectivity index (χ2n) is 9.00. The van der Waals surface area contributed by atoms with Crippen LogP contribution in [0.15, 0.2) is 30.7 Å². The molecule has 2 aromatic heterocycles.